The summed E-state index contributed by atoms with van der Waals surface area (Å²) in [5.74, 6) is 2.00. The highest BCUT2D eigenvalue weighted by Crippen LogP contribution is 2.39. The molecule has 134 valence electrons. The molecule has 3 aromatic rings. The zero-order chi connectivity index (χ0) is 17.9. The van der Waals surface area contributed by atoms with E-state index >= 15 is 0 Å². The molecule has 0 fully saturated rings. The fourth-order valence-electron chi connectivity index (χ4n) is 2.64. The lowest BCUT2D eigenvalue weighted by atomic mass is 10.2. The third kappa shape index (κ3) is 3.77. The van der Waals surface area contributed by atoms with Gasteiger partial charge in [-0.25, -0.2) is 0 Å². The Labute approximate surface area is 165 Å². The van der Waals surface area contributed by atoms with Gasteiger partial charge in [0, 0.05) is 17.2 Å². The lowest BCUT2D eigenvalue weighted by Crippen LogP contribution is -1.97. The molecule has 8 heteroatoms. The van der Waals surface area contributed by atoms with Gasteiger partial charge >= 0.3 is 0 Å². The first-order valence-electron chi connectivity index (χ1n) is 8.07. The van der Waals surface area contributed by atoms with Gasteiger partial charge in [-0.15, -0.1) is 10.2 Å². The van der Waals surface area contributed by atoms with Gasteiger partial charge in [-0.1, -0.05) is 41.0 Å². The maximum Gasteiger partial charge on any atom is 0.195 e. The molecule has 26 heavy (non-hydrogen) atoms. The normalized spacial score (nSPS) is 13.5. The van der Waals surface area contributed by atoms with E-state index in [2.05, 4.69) is 10.2 Å². The topological polar surface area (TPSA) is 49.2 Å². The summed E-state index contributed by atoms with van der Waals surface area (Å²) in [5.41, 5.74) is 1.95. The molecule has 4 rings (SSSR count). The van der Waals surface area contributed by atoms with Crippen molar-refractivity contribution in [1.82, 2.24) is 14.8 Å². The fourth-order valence-corrected chi connectivity index (χ4v) is 3.97. The number of ether oxygens (including phenoxy) is 2. The van der Waals surface area contributed by atoms with Crippen LogP contribution >= 0.6 is 35.0 Å². The lowest BCUT2D eigenvalue weighted by Gasteiger charge is -2.11. The third-order valence-corrected chi connectivity index (χ3v) is 5.36. The van der Waals surface area contributed by atoms with Crippen molar-refractivity contribution in [3.8, 4) is 17.2 Å². The van der Waals surface area contributed by atoms with E-state index < -0.39 is 0 Å². The first kappa shape index (κ1) is 17.5. The summed E-state index contributed by atoms with van der Waals surface area (Å²) in [6, 6.07) is 11.4. The number of fused-ring (bicyclic) bond motifs is 1. The number of benzene rings is 2. The molecule has 2 aromatic carbocycles. The van der Waals surface area contributed by atoms with Crippen molar-refractivity contribution in [3.05, 3.63) is 58.3 Å². The zero-order valence-electron chi connectivity index (χ0n) is 13.7. The Morgan fingerprint density at radius 2 is 2.00 bits per heavy atom. The van der Waals surface area contributed by atoms with Gasteiger partial charge in [0.15, 0.2) is 16.7 Å². The van der Waals surface area contributed by atoms with Crippen molar-refractivity contribution < 1.29 is 9.47 Å². The lowest BCUT2D eigenvalue weighted by molar-refractivity contribution is 0.297. The van der Waals surface area contributed by atoms with Gasteiger partial charge in [-0.2, -0.15) is 0 Å². The molecule has 0 atom stereocenters. The predicted octanol–water partition coefficient (Wildman–Crippen LogP) is 5.03. The van der Waals surface area contributed by atoms with Crippen LogP contribution in [0.3, 0.4) is 0 Å². The molecule has 0 unspecified atom stereocenters. The Bertz CT molecular complexity index is 933. The average Bonchev–Trinajstić information content (AvgIpc) is 2.97. The number of nitrogens with zero attached hydrogens (tertiary/aromatic N) is 3. The number of thioether (sulfide) groups is 1. The van der Waals surface area contributed by atoms with Crippen LogP contribution in [0.1, 0.15) is 12.0 Å². The van der Waals surface area contributed by atoms with E-state index in [1.807, 2.05) is 41.0 Å². The summed E-state index contributed by atoms with van der Waals surface area (Å²) < 4.78 is 13.3. The summed E-state index contributed by atoms with van der Waals surface area (Å²) in [7, 11) is 0. The second-order valence-corrected chi connectivity index (χ2v) is 7.49. The van der Waals surface area contributed by atoms with Gasteiger partial charge < -0.3 is 9.47 Å². The number of hydrogen-bond acceptors (Lipinski definition) is 5. The van der Waals surface area contributed by atoms with E-state index in [0.29, 0.717) is 40.5 Å². The zero-order valence-corrected chi connectivity index (χ0v) is 16.0. The van der Waals surface area contributed by atoms with Crippen LogP contribution in [0, 0.1) is 0 Å². The number of rotatable bonds is 4. The Balaban J connectivity index is 1.55. The van der Waals surface area contributed by atoms with Crippen LogP contribution in [0.15, 0.2) is 47.9 Å². The van der Waals surface area contributed by atoms with E-state index in [0.717, 1.165) is 22.8 Å². The van der Waals surface area contributed by atoms with E-state index in [9.17, 15) is 0 Å². The van der Waals surface area contributed by atoms with Crippen molar-refractivity contribution in [2.24, 2.45) is 0 Å². The minimum Gasteiger partial charge on any atom is -0.489 e. The Hall–Kier alpha value is -1.89. The minimum absolute atomic E-state index is 0.566. The van der Waals surface area contributed by atoms with Gasteiger partial charge in [0.1, 0.15) is 6.33 Å². The average molecular weight is 408 g/mol. The molecule has 0 saturated heterocycles. The van der Waals surface area contributed by atoms with Crippen molar-refractivity contribution in [2.45, 2.75) is 17.3 Å². The van der Waals surface area contributed by atoms with E-state index in [1.54, 1.807) is 18.1 Å². The maximum atomic E-state index is 6.36. The van der Waals surface area contributed by atoms with Crippen LogP contribution in [-0.4, -0.2) is 28.0 Å². The van der Waals surface area contributed by atoms with Crippen LogP contribution in [0.25, 0.3) is 5.69 Å². The molecule has 1 aliphatic heterocycles. The van der Waals surface area contributed by atoms with Gasteiger partial charge in [0.05, 0.1) is 23.9 Å². The van der Waals surface area contributed by atoms with Crippen LogP contribution in [0.4, 0.5) is 0 Å². The molecule has 0 amide bonds. The summed E-state index contributed by atoms with van der Waals surface area (Å²) in [6.45, 7) is 1.24. The highest BCUT2D eigenvalue weighted by Gasteiger charge is 2.16. The maximum absolute atomic E-state index is 6.36. The smallest absolute Gasteiger partial charge is 0.195 e. The van der Waals surface area contributed by atoms with E-state index in [-0.39, 0.29) is 0 Å². The first-order chi connectivity index (χ1) is 12.7. The van der Waals surface area contributed by atoms with Gasteiger partial charge in [-0.05, 0) is 35.9 Å². The molecule has 1 aromatic heterocycles. The first-order valence-corrected chi connectivity index (χ1v) is 9.81. The molecule has 0 spiro atoms. The molecular formula is C18H15Cl2N3O2S. The van der Waals surface area contributed by atoms with Crippen molar-refractivity contribution in [1.29, 1.82) is 0 Å². The Morgan fingerprint density at radius 1 is 1.12 bits per heavy atom. The second-order valence-electron chi connectivity index (χ2n) is 5.71. The number of hydrogen-bond donors (Lipinski definition) is 0. The number of aromatic nitrogens is 3. The van der Waals surface area contributed by atoms with Gasteiger partial charge in [0.2, 0.25) is 0 Å². The molecule has 5 nitrogen and oxygen atoms in total. The molecule has 0 saturated carbocycles. The van der Waals surface area contributed by atoms with Gasteiger partial charge in [-0.3, -0.25) is 4.57 Å². The molecule has 0 aliphatic carbocycles. The van der Waals surface area contributed by atoms with E-state index in [1.165, 1.54) is 0 Å². The predicted molar refractivity (Wildman–Crippen MR) is 103 cm³/mol. The minimum atomic E-state index is 0.566. The summed E-state index contributed by atoms with van der Waals surface area (Å²) in [4.78, 5) is 0. The standard InChI is InChI=1S/C18H15Cl2N3O2S/c19-13-3-1-4-14(9-13)23-11-21-22-18(23)26-10-12-7-15(20)17-16(8-12)24-5-2-6-25-17/h1,3-4,7-9,11H,2,5-6,10H2. The molecule has 0 radical (unpaired) electrons. The molecule has 0 bridgehead atoms. The van der Waals surface area contributed by atoms with E-state index in [4.69, 9.17) is 32.7 Å². The van der Waals surface area contributed by atoms with Crippen LogP contribution in [0.5, 0.6) is 11.5 Å². The quantitative estimate of drug-likeness (QED) is 0.567. The van der Waals surface area contributed by atoms with Crippen molar-refractivity contribution in [3.63, 3.8) is 0 Å². The summed E-state index contributed by atoms with van der Waals surface area (Å²) >= 11 is 14.0. The summed E-state index contributed by atoms with van der Waals surface area (Å²) in [5, 5.41) is 10.2. The Kier molecular flexibility index (Phi) is 5.24. The Morgan fingerprint density at radius 3 is 2.88 bits per heavy atom. The van der Waals surface area contributed by atoms with Crippen LogP contribution in [0.2, 0.25) is 10.0 Å². The summed E-state index contributed by atoms with van der Waals surface area (Å²) in [6.07, 6.45) is 2.52. The van der Waals surface area contributed by atoms with Crippen LogP contribution < -0.4 is 9.47 Å². The third-order valence-electron chi connectivity index (χ3n) is 3.83. The fraction of sp³-hybridized carbons (Fsp3) is 0.222. The monoisotopic (exact) mass is 407 g/mol. The molecular weight excluding hydrogens is 393 g/mol. The highest BCUT2D eigenvalue weighted by molar-refractivity contribution is 7.98. The molecule has 2 heterocycles. The van der Waals surface area contributed by atoms with Crippen LogP contribution in [-0.2, 0) is 5.75 Å². The van der Waals surface area contributed by atoms with Gasteiger partial charge in [0.25, 0.3) is 0 Å². The van der Waals surface area contributed by atoms with Crippen molar-refractivity contribution >= 4 is 35.0 Å². The highest BCUT2D eigenvalue weighted by atomic mass is 35.5. The second kappa shape index (κ2) is 7.78. The van der Waals surface area contributed by atoms with Crippen molar-refractivity contribution in [2.75, 3.05) is 13.2 Å². The SMILES string of the molecule is Clc1cccc(-n2cnnc2SCc2cc(Cl)c3c(c2)OCCCO3)c1. The molecule has 1 aliphatic rings. The molecule has 0 N–H and O–H groups in total. The number of halogens is 2. The largest absolute Gasteiger partial charge is 0.489 e.